The van der Waals surface area contributed by atoms with E-state index < -0.39 is 0 Å². The maximum atomic E-state index is 12.9. The quantitative estimate of drug-likeness (QED) is 0.416. The van der Waals surface area contributed by atoms with Gasteiger partial charge in [-0.3, -0.25) is 0 Å². The van der Waals surface area contributed by atoms with E-state index in [-0.39, 0.29) is 18.6 Å². The lowest BCUT2D eigenvalue weighted by atomic mass is 9.93. The van der Waals surface area contributed by atoms with E-state index in [1.807, 2.05) is 91.0 Å². The van der Waals surface area contributed by atoms with Gasteiger partial charge in [-0.05, 0) is 29.0 Å². The number of aldehydes is 1. The zero-order valence-corrected chi connectivity index (χ0v) is 17.0. The van der Waals surface area contributed by atoms with Crippen molar-refractivity contribution in [1.82, 2.24) is 4.90 Å². The zero-order valence-electron chi connectivity index (χ0n) is 17.0. The molecule has 0 heterocycles. The molecule has 0 saturated heterocycles. The molecule has 0 spiro atoms. The molecule has 4 heteroatoms. The van der Waals surface area contributed by atoms with Crippen LogP contribution in [0.5, 0.6) is 0 Å². The third kappa shape index (κ3) is 6.59. The summed E-state index contributed by atoms with van der Waals surface area (Å²) in [5.74, 6) is 0.0731. The van der Waals surface area contributed by atoms with E-state index in [1.165, 1.54) is 0 Å². The van der Waals surface area contributed by atoms with Crippen LogP contribution < -0.4 is 0 Å². The van der Waals surface area contributed by atoms with E-state index >= 15 is 0 Å². The Balaban J connectivity index is 1.68. The summed E-state index contributed by atoms with van der Waals surface area (Å²) in [5.41, 5.74) is 3.11. The number of nitrogens with zero attached hydrogens (tertiary/aromatic N) is 1. The first kappa shape index (κ1) is 21.3. The molecule has 154 valence electrons. The third-order valence-electron chi connectivity index (χ3n) is 5.08. The second-order valence-electron chi connectivity index (χ2n) is 7.25. The van der Waals surface area contributed by atoms with Gasteiger partial charge in [0, 0.05) is 19.5 Å². The summed E-state index contributed by atoms with van der Waals surface area (Å²) in [7, 11) is 0. The summed E-state index contributed by atoms with van der Waals surface area (Å²) < 4.78 is 5.58. The lowest BCUT2D eigenvalue weighted by molar-refractivity contribution is -0.108. The van der Waals surface area contributed by atoms with Gasteiger partial charge < -0.3 is 14.4 Å². The minimum Gasteiger partial charge on any atom is -0.445 e. The minimum atomic E-state index is -0.347. The number of rotatable bonds is 10. The Morgan fingerprint density at radius 3 is 2.00 bits per heavy atom. The van der Waals surface area contributed by atoms with Crippen LogP contribution in [0.1, 0.15) is 35.4 Å². The van der Waals surface area contributed by atoms with Crippen molar-refractivity contribution in [2.24, 2.45) is 0 Å². The van der Waals surface area contributed by atoms with Gasteiger partial charge in [-0.25, -0.2) is 4.79 Å². The van der Waals surface area contributed by atoms with Crippen molar-refractivity contribution in [1.29, 1.82) is 0 Å². The van der Waals surface area contributed by atoms with Gasteiger partial charge in [0.2, 0.25) is 0 Å². The summed E-state index contributed by atoms with van der Waals surface area (Å²) in [6, 6.07) is 29.5. The Labute approximate surface area is 178 Å². The SMILES string of the molecule is O=CCC(CCN(Cc1ccccc1)C(=O)OCc1ccccc1)c1ccccc1. The highest BCUT2D eigenvalue weighted by Gasteiger charge is 2.19. The lowest BCUT2D eigenvalue weighted by Gasteiger charge is -2.25. The van der Waals surface area contributed by atoms with Crippen molar-refractivity contribution in [2.45, 2.75) is 31.9 Å². The normalized spacial score (nSPS) is 11.5. The fraction of sp³-hybridized carbons (Fsp3) is 0.231. The molecule has 0 fully saturated rings. The monoisotopic (exact) mass is 401 g/mol. The molecule has 0 N–H and O–H groups in total. The molecular weight excluding hydrogens is 374 g/mol. The molecule has 0 aliphatic rings. The van der Waals surface area contributed by atoms with Crippen LogP contribution >= 0.6 is 0 Å². The Morgan fingerprint density at radius 2 is 1.40 bits per heavy atom. The molecule has 1 unspecified atom stereocenters. The second-order valence-corrected chi connectivity index (χ2v) is 7.25. The molecule has 0 radical (unpaired) electrons. The number of ether oxygens (including phenoxy) is 1. The smallest absolute Gasteiger partial charge is 0.410 e. The Hall–Kier alpha value is -3.40. The molecule has 0 bridgehead atoms. The average Bonchev–Trinajstić information content (AvgIpc) is 2.81. The van der Waals surface area contributed by atoms with E-state index in [0.29, 0.717) is 25.9 Å². The van der Waals surface area contributed by atoms with Crippen LogP contribution in [0.25, 0.3) is 0 Å². The van der Waals surface area contributed by atoms with Crippen LogP contribution in [0, 0.1) is 0 Å². The number of benzene rings is 3. The number of hydrogen-bond acceptors (Lipinski definition) is 3. The molecule has 30 heavy (non-hydrogen) atoms. The van der Waals surface area contributed by atoms with Crippen LogP contribution in [0.3, 0.4) is 0 Å². The van der Waals surface area contributed by atoms with Crippen LogP contribution in [0.2, 0.25) is 0 Å². The fourth-order valence-electron chi connectivity index (χ4n) is 3.42. The molecule has 4 nitrogen and oxygen atoms in total. The molecule has 0 aliphatic carbocycles. The first-order chi connectivity index (χ1) is 14.8. The first-order valence-corrected chi connectivity index (χ1v) is 10.2. The highest BCUT2D eigenvalue weighted by atomic mass is 16.6. The molecule has 3 aromatic rings. The maximum Gasteiger partial charge on any atom is 0.410 e. The van der Waals surface area contributed by atoms with Crippen molar-refractivity contribution < 1.29 is 14.3 Å². The van der Waals surface area contributed by atoms with E-state index in [9.17, 15) is 9.59 Å². The summed E-state index contributed by atoms with van der Waals surface area (Å²) in [4.78, 5) is 25.8. The molecular formula is C26H27NO3. The van der Waals surface area contributed by atoms with E-state index in [2.05, 4.69) is 0 Å². The van der Waals surface area contributed by atoms with E-state index in [0.717, 1.165) is 23.0 Å². The van der Waals surface area contributed by atoms with Crippen molar-refractivity contribution in [3.05, 3.63) is 108 Å². The molecule has 0 aromatic heterocycles. The summed E-state index contributed by atoms with van der Waals surface area (Å²) >= 11 is 0. The van der Waals surface area contributed by atoms with Gasteiger partial charge in [-0.2, -0.15) is 0 Å². The molecule has 1 atom stereocenters. The highest BCUT2D eigenvalue weighted by Crippen LogP contribution is 2.23. The average molecular weight is 402 g/mol. The Bertz CT molecular complexity index is 897. The van der Waals surface area contributed by atoms with Crippen molar-refractivity contribution in [3.63, 3.8) is 0 Å². The van der Waals surface area contributed by atoms with Gasteiger partial charge in [0.25, 0.3) is 0 Å². The highest BCUT2D eigenvalue weighted by molar-refractivity contribution is 5.67. The van der Waals surface area contributed by atoms with Crippen molar-refractivity contribution >= 4 is 12.4 Å². The lowest BCUT2D eigenvalue weighted by Crippen LogP contribution is -2.32. The zero-order chi connectivity index (χ0) is 21.0. The van der Waals surface area contributed by atoms with Crippen LogP contribution in [-0.4, -0.2) is 23.8 Å². The summed E-state index contributed by atoms with van der Waals surface area (Å²) in [5, 5.41) is 0. The van der Waals surface area contributed by atoms with E-state index in [4.69, 9.17) is 4.74 Å². The van der Waals surface area contributed by atoms with Gasteiger partial charge >= 0.3 is 6.09 Å². The Morgan fingerprint density at radius 1 is 0.833 bits per heavy atom. The van der Waals surface area contributed by atoms with E-state index in [1.54, 1.807) is 4.90 Å². The van der Waals surface area contributed by atoms with Gasteiger partial charge in [-0.1, -0.05) is 91.0 Å². The van der Waals surface area contributed by atoms with Crippen LogP contribution in [0.15, 0.2) is 91.0 Å². The van der Waals surface area contributed by atoms with Crippen molar-refractivity contribution in [2.75, 3.05) is 6.54 Å². The molecule has 3 rings (SSSR count). The molecule has 1 amide bonds. The largest absolute Gasteiger partial charge is 0.445 e. The number of hydrogen-bond donors (Lipinski definition) is 0. The van der Waals surface area contributed by atoms with Gasteiger partial charge in [0.05, 0.1) is 0 Å². The molecule has 0 saturated carbocycles. The topological polar surface area (TPSA) is 46.6 Å². The van der Waals surface area contributed by atoms with Crippen LogP contribution in [0.4, 0.5) is 4.79 Å². The van der Waals surface area contributed by atoms with Crippen molar-refractivity contribution in [3.8, 4) is 0 Å². The Kier molecular flexibility index (Phi) is 8.22. The standard InChI is InChI=1S/C26H27NO3/c28-19-17-25(24-14-8-3-9-15-24)16-18-27(20-22-10-4-1-5-11-22)26(29)30-21-23-12-6-2-7-13-23/h1-15,19,25H,16-18,20-21H2. The predicted octanol–water partition coefficient (Wildman–Crippen LogP) is 5.59. The first-order valence-electron chi connectivity index (χ1n) is 10.2. The fourth-order valence-corrected chi connectivity index (χ4v) is 3.42. The number of amides is 1. The van der Waals surface area contributed by atoms with Gasteiger partial charge in [0.15, 0.2) is 0 Å². The van der Waals surface area contributed by atoms with Crippen LogP contribution in [-0.2, 0) is 22.7 Å². The third-order valence-corrected chi connectivity index (χ3v) is 5.08. The number of carbonyl (C=O) groups excluding carboxylic acids is 2. The van der Waals surface area contributed by atoms with Gasteiger partial charge in [0.1, 0.15) is 12.9 Å². The maximum absolute atomic E-state index is 12.9. The summed E-state index contributed by atoms with van der Waals surface area (Å²) in [6.45, 7) is 1.22. The van der Waals surface area contributed by atoms with Gasteiger partial charge in [-0.15, -0.1) is 0 Å². The second kappa shape index (κ2) is 11.6. The molecule has 3 aromatic carbocycles. The minimum absolute atomic E-state index is 0.0731. The predicted molar refractivity (Wildman–Crippen MR) is 118 cm³/mol. The summed E-state index contributed by atoms with van der Waals surface area (Å²) in [6.07, 6.45) is 1.73. The molecule has 0 aliphatic heterocycles. The number of carbonyl (C=O) groups is 2.